The fourth-order valence-electron chi connectivity index (χ4n) is 1.67. The van der Waals surface area contributed by atoms with E-state index in [1.165, 1.54) is 0 Å². The van der Waals surface area contributed by atoms with E-state index in [1.807, 2.05) is 25.1 Å². The lowest BCUT2D eigenvalue weighted by atomic mass is 10.1. The topological polar surface area (TPSA) is 60.2 Å². The van der Waals surface area contributed by atoms with Crippen LogP contribution < -0.4 is 10.1 Å². The van der Waals surface area contributed by atoms with E-state index in [2.05, 4.69) is 57.0 Å². The lowest BCUT2D eigenvalue weighted by Crippen LogP contribution is -2.35. The van der Waals surface area contributed by atoms with Gasteiger partial charge in [-0.2, -0.15) is 0 Å². The summed E-state index contributed by atoms with van der Waals surface area (Å²) in [4.78, 5) is 0. The molecule has 0 bridgehead atoms. The Bertz CT molecular complexity index is 605. The van der Waals surface area contributed by atoms with Crippen LogP contribution in [0.15, 0.2) is 27.3 Å². The quantitative estimate of drug-likeness (QED) is 0.889. The molecule has 0 aliphatic heterocycles. The van der Waals surface area contributed by atoms with Crippen molar-refractivity contribution in [2.45, 2.75) is 46.4 Å². The van der Waals surface area contributed by atoms with Crippen molar-refractivity contribution >= 4 is 15.9 Å². The second-order valence-electron chi connectivity index (χ2n) is 5.94. The molecule has 0 saturated heterocycles. The van der Waals surface area contributed by atoms with Gasteiger partial charge in [0, 0.05) is 16.6 Å². The number of aryl methyl sites for hydroxylation is 1. The van der Waals surface area contributed by atoms with Gasteiger partial charge in [0.15, 0.2) is 0 Å². The number of rotatable bonds is 5. The summed E-state index contributed by atoms with van der Waals surface area (Å²) in [7, 11) is 0. The number of benzene rings is 1. The molecule has 0 amide bonds. The van der Waals surface area contributed by atoms with Crippen molar-refractivity contribution in [3.63, 3.8) is 0 Å². The Kier molecular flexibility index (Phi) is 5.00. The molecule has 1 aromatic carbocycles. The molecular formula is C15H20BrN3O2. The third-order valence-corrected chi connectivity index (χ3v) is 3.72. The summed E-state index contributed by atoms with van der Waals surface area (Å²) < 4.78 is 11.5. The fraction of sp³-hybridized carbons (Fsp3) is 0.467. The highest BCUT2D eigenvalue weighted by atomic mass is 79.9. The minimum Gasteiger partial charge on any atom is -0.487 e. The monoisotopic (exact) mass is 353 g/mol. The Morgan fingerprint density at radius 1 is 1.29 bits per heavy atom. The van der Waals surface area contributed by atoms with Crippen molar-refractivity contribution < 1.29 is 9.37 Å². The van der Waals surface area contributed by atoms with Crippen LogP contribution in [0.4, 0.5) is 0 Å². The molecule has 1 N–H and O–H groups in total. The summed E-state index contributed by atoms with van der Waals surface area (Å²) in [5.74, 6) is 0.798. The average Bonchev–Trinajstić information content (AvgIpc) is 2.81. The predicted molar refractivity (Wildman–Crippen MR) is 84.1 cm³/mol. The van der Waals surface area contributed by atoms with Crippen LogP contribution in [0.3, 0.4) is 0 Å². The van der Waals surface area contributed by atoms with Gasteiger partial charge in [-0.25, -0.2) is 4.63 Å². The van der Waals surface area contributed by atoms with Gasteiger partial charge >= 0.3 is 0 Å². The van der Waals surface area contributed by atoms with Crippen LogP contribution in [-0.4, -0.2) is 15.9 Å². The first-order valence-corrected chi connectivity index (χ1v) is 7.59. The molecule has 2 rings (SSSR count). The third-order valence-electron chi connectivity index (χ3n) is 2.95. The number of hydrogen-bond donors (Lipinski definition) is 1. The van der Waals surface area contributed by atoms with Gasteiger partial charge in [-0.3, -0.25) is 0 Å². The van der Waals surface area contributed by atoms with E-state index in [0.717, 1.165) is 28.0 Å². The predicted octanol–water partition coefficient (Wildman–Crippen LogP) is 3.61. The van der Waals surface area contributed by atoms with Crippen LogP contribution in [0.2, 0.25) is 0 Å². The molecule has 0 fully saturated rings. The van der Waals surface area contributed by atoms with Crippen LogP contribution in [0.25, 0.3) is 0 Å². The smallest absolute Gasteiger partial charge is 0.145 e. The van der Waals surface area contributed by atoms with Gasteiger partial charge in [-0.15, -0.1) is 0 Å². The Labute approximate surface area is 133 Å². The number of nitrogens with one attached hydrogen (secondary N) is 1. The molecule has 0 aliphatic rings. The lowest BCUT2D eigenvalue weighted by molar-refractivity contribution is 0.270. The minimum atomic E-state index is 0.0692. The maximum Gasteiger partial charge on any atom is 0.145 e. The summed E-state index contributed by atoms with van der Waals surface area (Å²) in [6, 6.07) is 5.93. The van der Waals surface area contributed by atoms with Gasteiger partial charge in [-0.1, -0.05) is 26.2 Å². The van der Waals surface area contributed by atoms with Gasteiger partial charge in [0.1, 0.15) is 23.7 Å². The maximum atomic E-state index is 5.75. The molecule has 6 heteroatoms. The van der Waals surface area contributed by atoms with Gasteiger partial charge in [0.05, 0.1) is 0 Å². The van der Waals surface area contributed by atoms with Gasteiger partial charge in [0.25, 0.3) is 0 Å². The van der Waals surface area contributed by atoms with E-state index in [1.54, 1.807) is 0 Å². The zero-order valence-corrected chi connectivity index (χ0v) is 14.3. The highest BCUT2D eigenvalue weighted by Gasteiger charge is 2.11. The van der Waals surface area contributed by atoms with Crippen molar-refractivity contribution in [3.05, 3.63) is 39.6 Å². The molecule has 114 valence electrons. The van der Waals surface area contributed by atoms with Gasteiger partial charge < -0.3 is 10.1 Å². The Balaban J connectivity index is 2.02. The largest absolute Gasteiger partial charge is 0.487 e. The van der Waals surface area contributed by atoms with Crippen LogP contribution in [-0.2, 0) is 13.2 Å². The van der Waals surface area contributed by atoms with Crippen LogP contribution >= 0.6 is 15.9 Å². The molecule has 0 saturated carbocycles. The zero-order chi connectivity index (χ0) is 15.5. The maximum absolute atomic E-state index is 5.75. The zero-order valence-electron chi connectivity index (χ0n) is 12.7. The summed E-state index contributed by atoms with van der Waals surface area (Å²) in [5.41, 5.74) is 2.69. The first-order valence-electron chi connectivity index (χ1n) is 6.79. The van der Waals surface area contributed by atoms with Crippen molar-refractivity contribution in [3.8, 4) is 5.75 Å². The molecule has 0 radical (unpaired) electrons. The van der Waals surface area contributed by atoms with Crippen molar-refractivity contribution in [1.29, 1.82) is 0 Å². The molecule has 0 atom stereocenters. The molecule has 5 nitrogen and oxygen atoms in total. The highest BCUT2D eigenvalue weighted by Crippen LogP contribution is 2.24. The fourth-order valence-corrected chi connectivity index (χ4v) is 2.06. The Morgan fingerprint density at radius 2 is 2.05 bits per heavy atom. The first kappa shape index (κ1) is 16.0. The second-order valence-corrected chi connectivity index (χ2v) is 6.80. The number of aromatic nitrogens is 2. The van der Waals surface area contributed by atoms with E-state index < -0.39 is 0 Å². The SMILES string of the molecule is Cc1nonc1COc1ccc(Br)c(CNC(C)(C)C)c1. The first-order chi connectivity index (χ1) is 9.85. The van der Waals surface area contributed by atoms with E-state index in [4.69, 9.17) is 4.74 Å². The number of hydrogen-bond acceptors (Lipinski definition) is 5. The Hall–Kier alpha value is -1.40. The molecule has 1 heterocycles. The van der Waals surface area contributed by atoms with Crippen molar-refractivity contribution in [1.82, 2.24) is 15.6 Å². The molecule has 0 spiro atoms. The summed E-state index contributed by atoms with van der Waals surface area (Å²) in [6.07, 6.45) is 0. The van der Waals surface area contributed by atoms with E-state index in [9.17, 15) is 0 Å². The van der Waals surface area contributed by atoms with E-state index in [-0.39, 0.29) is 5.54 Å². The molecule has 0 aliphatic carbocycles. The average molecular weight is 354 g/mol. The number of nitrogens with zero attached hydrogens (tertiary/aromatic N) is 2. The third kappa shape index (κ3) is 4.82. The highest BCUT2D eigenvalue weighted by molar-refractivity contribution is 9.10. The minimum absolute atomic E-state index is 0.0692. The van der Waals surface area contributed by atoms with Gasteiger partial charge in [0.2, 0.25) is 0 Å². The van der Waals surface area contributed by atoms with E-state index in [0.29, 0.717) is 12.3 Å². The molecule has 21 heavy (non-hydrogen) atoms. The lowest BCUT2D eigenvalue weighted by Gasteiger charge is -2.21. The van der Waals surface area contributed by atoms with Gasteiger partial charge in [-0.05, 0) is 51.5 Å². The summed E-state index contributed by atoms with van der Waals surface area (Å²) in [5, 5.41) is 11.0. The van der Waals surface area contributed by atoms with Crippen molar-refractivity contribution in [2.24, 2.45) is 0 Å². The molecule has 0 unspecified atom stereocenters. The molecule has 1 aromatic heterocycles. The van der Waals surface area contributed by atoms with Crippen LogP contribution in [0, 0.1) is 6.92 Å². The van der Waals surface area contributed by atoms with Crippen molar-refractivity contribution in [2.75, 3.05) is 0 Å². The summed E-state index contributed by atoms with van der Waals surface area (Å²) in [6.45, 7) is 9.38. The van der Waals surface area contributed by atoms with Crippen LogP contribution in [0.1, 0.15) is 37.7 Å². The normalized spacial score (nSPS) is 11.7. The summed E-state index contributed by atoms with van der Waals surface area (Å²) >= 11 is 3.57. The molecule has 2 aromatic rings. The number of halogens is 1. The van der Waals surface area contributed by atoms with E-state index >= 15 is 0 Å². The van der Waals surface area contributed by atoms with Crippen LogP contribution in [0.5, 0.6) is 5.75 Å². The standard InChI is InChI=1S/C15H20BrN3O2/c1-10-14(19-21-18-10)9-20-12-5-6-13(16)11(7-12)8-17-15(2,3)4/h5-7,17H,8-9H2,1-4H3. The molecular weight excluding hydrogens is 334 g/mol. The Morgan fingerprint density at radius 3 is 2.67 bits per heavy atom. The number of ether oxygens (including phenoxy) is 1. The second kappa shape index (κ2) is 6.58.